The third-order valence-electron chi connectivity index (χ3n) is 2.78. The van der Waals surface area contributed by atoms with Crippen molar-refractivity contribution >= 4 is 33.2 Å². The van der Waals surface area contributed by atoms with Crippen molar-refractivity contribution < 1.29 is 13.5 Å². The minimum absolute atomic E-state index is 0.00215. The fraction of sp³-hybridized carbons (Fsp3) is 0.500. The Morgan fingerprint density at radius 3 is 2.37 bits per heavy atom. The van der Waals surface area contributed by atoms with Gasteiger partial charge < -0.3 is 5.11 Å². The number of likely N-dealkylation sites (N-methyl/N-ethyl adjacent to an activating group) is 1. The highest BCUT2D eigenvalue weighted by atomic mass is 35.5. The largest absolute Gasteiger partial charge is 0.392 e. The average Bonchev–Trinajstić information content (AvgIpc) is 2.25. The van der Waals surface area contributed by atoms with Crippen molar-refractivity contribution in [2.75, 3.05) is 13.6 Å². The summed E-state index contributed by atoms with van der Waals surface area (Å²) in [7, 11) is -2.39. The van der Waals surface area contributed by atoms with Crippen LogP contribution in [-0.4, -0.2) is 37.5 Å². The van der Waals surface area contributed by atoms with Gasteiger partial charge in [0.1, 0.15) is 4.90 Å². The molecule has 1 N–H and O–H groups in total. The lowest BCUT2D eigenvalue weighted by Crippen LogP contribution is -2.33. The summed E-state index contributed by atoms with van der Waals surface area (Å²) in [5.74, 6) is 0. The van der Waals surface area contributed by atoms with E-state index in [1.165, 1.54) is 14.0 Å². The predicted octanol–water partition coefficient (Wildman–Crippen LogP) is 2.61. The normalized spacial score (nSPS) is 13.9. The Kier molecular flexibility index (Phi) is 5.26. The van der Waals surface area contributed by atoms with Crippen molar-refractivity contribution in [2.45, 2.75) is 31.8 Å². The molecule has 1 rings (SSSR count). The summed E-state index contributed by atoms with van der Waals surface area (Å²) in [6, 6.07) is 1.63. The minimum Gasteiger partial charge on any atom is -0.392 e. The molecule has 0 bridgehead atoms. The number of sulfonamides is 1. The van der Waals surface area contributed by atoms with E-state index >= 15 is 0 Å². The van der Waals surface area contributed by atoms with Crippen LogP contribution >= 0.6 is 23.2 Å². The number of rotatable bonds is 4. The van der Waals surface area contributed by atoms with Crippen molar-refractivity contribution in [1.29, 1.82) is 0 Å². The van der Waals surface area contributed by atoms with Crippen molar-refractivity contribution in [3.05, 3.63) is 27.2 Å². The molecule has 0 fully saturated rings. The lowest BCUT2D eigenvalue weighted by atomic mass is 10.2. The molecule has 0 aromatic heterocycles. The van der Waals surface area contributed by atoms with Crippen molar-refractivity contribution in [3.8, 4) is 0 Å². The van der Waals surface area contributed by atoms with Crippen LogP contribution in [-0.2, 0) is 10.0 Å². The molecule has 19 heavy (non-hydrogen) atoms. The number of aryl methyl sites for hydroxylation is 1. The summed E-state index contributed by atoms with van der Waals surface area (Å²) in [6.45, 7) is 4.81. The molecular weight excluding hydrogens is 309 g/mol. The molecule has 0 aliphatic carbocycles. The van der Waals surface area contributed by atoms with Gasteiger partial charge in [-0.2, -0.15) is 4.31 Å². The van der Waals surface area contributed by atoms with Crippen LogP contribution in [0.5, 0.6) is 0 Å². The second kappa shape index (κ2) is 5.97. The molecule has 0 spiro atoms. The Bertz CT molecular complexity index is 559. The highest BCUT2D eigenvalue weighted by Gasteiger charge is 2.28. The Morgan fingerprint density at radius 1 is 1.37 bits per heavy atom. The number of aliphatic hydroxyl groups is 1. The first-order chi connectivity index (χ1) is 8.59. The van der Waals surface area contributed by atoms with Gasteiger partial charge in [0.05, 0.1) is 11.1 Å². The van der Waals surface area contributed by atoms with Crippen LogP contribution in [0.4, 0.5) is 0 Å². The smallest absolute Gasteiger partial charge is 0.244 e. The zero-order chi connectivity index (χ0) is 15.0. The second-order valence-corrected chi connectivity index (χ2v) is 7.34. The molecule has 0 amide bonds. The molecule has 0 radical (unpaired) electrons. The van der Waals surface area contributed by atoms with E-state index in [1.807, 2.05) is 0 Å². The third kappa shape index (κ3) is 3.41. The molecule has 1 unspecified atom stereocenters. The zero-order valence-corrected chi connectivity index (χ0v) is 13.6. The van der Waals surface area contributed by atoms with E-state index in [-0.39, 0.29) is 16.5 Å². The fourth-order valence-corrected chi connectivity index (χ4v) is 4.16. The first-order valence-electron chi connectivity index (χ1n) is 5.68. The van der Waals surface area contributed by atoms with Gasteiger partial charge in [0, 0.05) is 18.6 Å². The van der Waals surface area contributed by atoms with E-state index in [1.54, 1.807) is 19.9 Å². The Hall–Kier alpha value is -0.330. The Morgan fingerprint density at radius 2 is 1.89 bits per heavy atom. The van der Waals surface area contributed by atoms with Crippen molar-refractivity contribution in [1.82, 2.24) is 4.31 Å². The van der Waals surface area contributed by atoms with E-state index in [2.05, 4.69) is 0 Å². The molecule has 0 heterocycles. The van der Waals surface area contributed by atoms with Crippen LogP contribution in [0.3, 0.4) is 0 Å². The van der Waals surface area contributed by atoms with Crippen LogP contribution in [0.2, 0.25) is 10.0 Å². The molecule has 108 valence electrons. The molecule has 0 aliphatic heterocycles. The lowest BCUT2D eigenvalue weighted by Gasteiger charge is -2.21. The number of hydrogen-bond acceptors (Lipinski definition) is 3. The number of halogens is 2. The van der Waals surface area contributed by atoms with E-state index in [0.29, 0.717) is 16.1 Å². The molecule has 0 saturated carbocycles. The number of nitrogens with zero attached hydrogens (tertiary/aromatic N) is 1. The van der Waals surface area contributed by atoms with Crippen LogP contribution in [0.1, 0.15) is 18.1 Å². The summed E-state index contributed by atoms with van der Waals surface area (Å²) >= 11 is 12.1. The van der Waals surface area contributed by atoms with Crippen molar-refractivity contribution in [2.24, 2.45) is 0 Å². The zero-order valence-electron chi connectivity index (χ0n) is 11.2. The van der Waals surface area contributed by atoms with Gasteiger partial charge in [-0.05, 0) is 38.0 Å². The first-order valence-corrected chi connectivity index (χ1v) is 7.88. The summed E-state index contributed by atoms with van der Waals surface area (Å²) in [6.07, 6.45) is -0.765. The molecule has 7 heteroatoms. The molecular formula is C12H17Cl2NO3S. The Labute approximate surface area is 124 Å². The average molecular weight is 326 g/mol. The molecule has 4 nitrogen and oxygen atoms in total. The van der Waals surface area contributed by atoms with E-state index in [4.69, 9.17) is 23.2 Å². The SMILES string of the molecule is Cc1cc(Cl)c(C)c(S(=O)(=O)N(C)CC(C)O)c1Cl. The summed E-state index contributed by atoms with van der Waals surface area (Å²) < 4.78 is 26.0. The van der Waals surface area contributed by atoms with Gasteiger partial charge in [-0.1, -0.05) is 23.2 Å². The molecule has 1 aromatic rings. The number of hydrogen-bond donors (Lipinski definition) is 1. The second-order valence-electron chi connectivity index (χ2n) is 4.58. The van der Waals surface area contributed by atoms with Gasteiger partial charge in [0.25, 0.3) is 0 Å². The standard InChI is InChI=1S/C12H17Cl2NO3S/c1-7-5-10(13)9(3)12(11(7)14)19(17,18)15(4)6-8(2)16/h5,8,16H,6H2,1-4H3. The highest BCUT2D eigenvalue weighted by molar-refractivity contribution is 7.89. The summed E-state index contributed by atoms with van der Waals surface area (Å²) in [4.78, 5) is 0.00215. The Balaban J connectivity index is 3.45. The third-order valence-corrected chi connectivity index (χ3v) is 5.76. The van der Waals surface area contributed by atoms with Gasteiger partial charge in [-0.15, -0.1) is 0 Å². The van der Waals surface area contributed by atoms with Gasteiger partial charge in [0.15, 0.2) is 0 Å². The van der Waals surface area contributed by atoms with Crippen LogP contribution in [0.25, 0.3) is 0 Å². The van der Waals surface area contributed by atoms with Gasteiger partial charge in [-0.3, -0.25) is 0 Å². The molecule has 1 aromatic carbocycles. The monoisotopic (exact) mass is 325 g/mol. The number of aliphatic hydroxyl groups excluding tert-OH is 1. The van der Waals surface area contributed by atoms with Crippen LogP contribution < -0.4 is 0 Å². The van der Waals surface area contributed by atoms with Crippen molar-refractivity contribution in [3.63, 3.8) is 0 Å². The summed E-state index contributed by atoms with van der Waals surface area (Å²) in [5.41, 5.74) is 1.01. The van der Waals surface area contributed by atoms with Gasteiger partial charge in [0.2, 0.25) is 10.0 Å². The molecule has 0 saturated heterocycles. The quantitative estimate of drug-likeness (QED) is 0.925. The molecule has 0 aliphatic rings. The fourth-order valence-electron chi connectivity index (χ4n) is 1.75. The van der Waals surface area contributed by atoms with E-state index < -0.39 is 16.1 Å². The van der Waals surface area contributed by atoms with Gasteiger partial charge in [-0.25, -0.2) is 8.42 Å². The molecule has 1 atom stereocenters. The maximum absolute atomic E-state index is 12.5. The predicted molar refractivity (Wildman–Crippen MR) is 77.4 cm³/mol. The topological polar surface area (TPSA) is 57.6 Å². The maximum Gasteiger partial charge on any atom is 0.244 e. The van der Waals surface area contributed by atoms with E-state index in [9.17, 15) is 13.5 Å². The maximum atomic E-state index is 12.5. The number of benzene rings is 1. The van der Waals surface area contributed by atoms with Crippen LogP contribution in [0, 0.1) is 13.8 Å². The van der Waals surface area contributed by atoms with E-state index in [0.717, 1.165) is 4.31 Å². The summed E-state index contributed by atoms with van der Waals surface area (Å²) in [5, 5.41) is 9.83. The minimum atomic E-state index is -3.78. The first kappa shape index (κ1) is 16.7. The highest BCUT2D eigenvalue weighted by Crippen LogP contribution is 2.34. The lowest BCUT2D eigenvalue weighted by molar-refractivity contribution is 0.171. The van der Waals surface area contributed by atoms with Gasteiger partial charge >= 0.3 is 0 Å². The van der Waals surface area contributed by atoms with Crippen LogP contribution in [0.15, 0.2) is 11.0 Å².